The molecule has 0 aliphatic heterocycles. The maximum absolute atomic E-state index is 9.21. The molecule has 0 bridgehead atoms. The third-order valence-corrected chi connectivity index (χ3v) is 3.46. The third-order valence-electron chi connectivity index (χ3n) is 3.46. The highest BCUT2D eigenvalue weighted by Crippen LogP contribution is 2.18. The lowest BCUT2D eigenvalue weighted by atomic mass is 9.95. The molecule has 2 rings (SSSR count). The van der Waals surface area contributed by atoms with Gasteiger partial charge in [0.2, 0.25) is 0 Å². The Hall–Kier alpha value is -2.58. The molecule has 0 unspecified atom stereocenters. The third kappa shape index (κ3) is 3.05. The van der Waals surface area contributed by atoms with E-state index in [1.54, 1.807) is 6.07 Å². The van der Waals surface area contributed by atoms with E-state index >= 15 is 0 Å². The summed E-state index contributed by atoms with van der Waals surface area (Å²) >= 11 is 0. The van der Waals surface area contributed by atoms with E-state index in [2.05, 4.69) is 43.3 Å². The van der Waals surface area contributed by atoms with Crippen LogP contribution in [0.2, 0.25) is 0 Å². The summed E-state index contributed by atoms with van der Waals surface area (Å²) in [4.78, 5) is 0. The highest BCUT2D eigenvalue weighted by molar-refractivity contribution is 5.49. The van der Waals surface area contributed by atoms with Crippen molar-refractivity contribution >= 4 is 0 Å². The monoisotopic (exact) mass is 260 g/mol. The lowest BCUT2D eigenvalue weighted by Gasteiger charge is -2.08. The average molecular weight is 260 g/mol. The van der Waals surface area contributed by atoms with Crippen LogP contribution in [0, 0.1) is 36.5 Å². The van der Waals surface area contributed by atoms with Crippen molar-refractivity contribution in [2.45, 2.75) is 26.7 Å². The molecule has 2 nitrogen and oxygen atoms in total. The number of aryl methyl sites for hydroxylation is 4. The van der Waals surface area contributed by atoms with Crippen molar-refractivity contribution in [3.05, 3.63) is 69.8 Å². The van der Waals surface area contributed by atoms with E-state index in [-0.39, 0.29) is 0 Å². The van der Waals surface area contributed by atoms with E-state index in [4.69, 9.17) is 5.26 Å². The maximum Gasteiger partial charge on any atom is 0.0994 e. The number of nitrogens with zero attached hydrogens (tertiary/aromatic N) is 2. The van der Waals surface area contributed by atoms with Gasteiger partial charge in [-0.2, -0.15) is 10.5 Å². The summed E-state index contributed by atoms with van der Waals surface area (Å²) in [6.45, 7) is 3.99. The molecule has 0 aromatic heterocycles. The molecule has 0 aliphatic carbocycles. The fourth-order valence-electron chi connectivity index (χ4n) is 2.35. The molecule has 0 atom stereocenters. The topological polar surface area (TPSA) is 47.6 Å². The Morgan fingerprint density at radius 3 is 2.30 bits per heavy atom. The fraction of sp³-hybridized carbons (Fsp3) is 0.222. The van der Waals surface area contributed by atoms with Crippen LogP contribution in [0.5, 0.6) is 0 Å². The first-order valence-electron chi connectivity index (χ1n) is 6.63. The zero-order chi connectivity index (χ0) is 14.5. The van der Waals surface area contributed by atoms with Gasteiger partial charge in [-0.25, -0.2) is 0 Å². The molecule has 0 amide bonds. The van der Waals surface area contributed by atoms with Gasteiger partial charge in [0.25, 0.3) is 0 Å². The van der Waals surface area contributed by atoms with Crippen LogP contribution in [0.4, 0.5) is 0 Å². The quantitative estimate of drug-likeness (QED) is 0.842. The van der Waals surface area contributed by atoms with Crippen molar-refractivity contribution in [2.75, 3.05) is 0 Å². The van der Waals surface area contributed by atoms with Crippen LogP contribution >= 0.6 is 0 Å². The number of rotatable bonds is 3. The number of nitriles is 2. The lowest BCUT2D eigenvalue weighted by molar-refractivity contribution is 0.951. The van der Waals surface area contributed by atoms with Gasteiger partial charge in [-0.15, -0.1) is 0 Å². The van der Waals surface area contributed by atoms with Crippen molar-refractivity contribution in [3.8, 4) is 12.1 Å². The van der Waals surface area contributed by atoms with E-state index in [1.807, 2.05) is 13.0 Å². The average Bonchev–Trinajstić information content (AvgIpc) is 2.45. The standard InChI is InChI=1S/C18H16N2/c1-13-4-3-5-15(8-13)6-7-16-9-14(2)17(11-19)10-18(16)12-20/h3-5,8-10H,6-7H2,1-2H3. The second-order valence-electron chi connectivity index (χ2n) is 5.04. The van der Waals surface area contributed by atoms with Crippen LogP contribution in [0.1, 0.15) is 33.4 Å². The van der Waals surface area contributed by atoms with Crippen molar-refractivity contribution in [2.24, 2.45) is 0 Å². The zero-order valence-corrected chi connectivity index (χ0v) is 11.8. The minimum atomic E-state index is 0.584. The predicted octanol–water partition coefficient (Wildman–Crippen LogP) is 3.83. The van der Waals surface area contributed by atoms with E-state index in [1.165, 1.54) is 11.1 Å². The van der Waals surface area contributed by atoms with Crippen LogP contribution in [0.15, 0.2) is 36.4 Å². The van der Waals surface area contributed by atoms with Gasteiger partial charge in [0.05, 0.1) is 23.3 Å². The molecule has 0 spiro atoms. The molecule has 98 valence electrons. The van der Waals surface area contributed by atoms with E-state index in [0.29, 0.717) is 11.1 Å². The van der Waals surface area contributed by atoms with Gasteiger partial charge in [-0.3, -0.25) is 0 Å². The van der Waals surface area contributed by atoms with Crippen molar-refractivity contribution in [1.82, 2.24) is 0 Å². The summed E-state index contributed by atoms with van der Waals surface area (Å²) in [5, 5.41) is 18.2. The smallest absolute Gasteiger partial charge is 0.0994 e. The Kier molecular flexibility index (Phi) is 4.18. The molecular formula is C18H16N2. The molecule has 0 radical (unpaired) electrons. The molecule has 20 heavy (non-hydrogen) atoms. The molecule has 2 aromatic carbocycles. The molecule has 0 fully saturated rings. The van der Waals surface area contributed by atoms with E-state index in [0.717, 1.165) is 24.0 Å². The second kappa shape index (κ2) is 6.04. The van der Waals surface area contributed by atoms with Crippen molar-refractivity contribution in [1.29, 1.82) is 10.5 Å². The maximum atomic E-state index is 9.21. The Bertz CT molecular complexity index is 715. The van der Waals surface area contributed by atoms with Gasteiger partial charge in [-0.1, -0.05) is 35.9 Å². The summed E-state index contributed by atoms with van der Waals surface area (Å²) in [6.07, 6.45) is 1.72. The van der Waals surface area contributed by atoms with Gasteiger partial charge < -0.3 is 0 Å². The van der Waals surface area contributed by atoms with Gasteiger partial charge in [-0.05, 0) is 49.4 Å². The lowest BCUT2D eigenvalue weighted by Crippen LogP contribution is -1.98. The van der Waals surface area contributed by atoms with Gasteiger partial charge in [0, 0.05) is 0 Å². The van der Waals surface area contributed by atoms with Gasteiger partial charge in [0.15, 0.2) is 0 Å². The minimum absolute atomic E-state index is 0.584. The zero-order valence-electron chi connectivity index (χ0n) is 11.8. The first-order valence-corrected chi connectivity index (χ1v) is 6.63. The minimum Gasteiger partial charge on any atom is -0.192 e. The molecule has 0 saturated heterocycles. The van der Waals surface area contributed by atoms with Crippen LogP contribution in [-0.2, 0) is 12.8 Å². The second-order valence-corrected chi connectivity index (χ2v) is 5.04. The van der Waals surface area contributed by atoms with Crippen molar-refractivity contribution in [3.63, 3.8) is 0 Å². The highest BCUT2D eigenvalue weighted by Gasteiger charge is 2.07. The Labute approximate surface area is 119 Å². The summed E-state index contributed by atoms with van der Waals surface area (Å²) in [5.74, 6) is 0. The van der Waals surface area contributed by atoms with Gasteiger partial charge >= 0.3 is 0 Å². The SMILES string of the molecule is Cc1cccc(CCc2cc(C)c(C#N)cc2C#N)c1. The normalized spacial score (nSPS) is 9.80. The van der Waals surface area contributed by atoms with Crippen LogP contribution < -0.4 is 0 Å². The van der Waals surface area contributed by atoms with Crippen molar-refractivity contribution < 1.29 is 0 Å². The van der Waals surface area contributed by atoms with Gasteiger partial charge in [0.1, 0.15) is 0 Å². The highest BCUT2D eigenvalue weighted by atomic mass is 14.3. The molecular weight excluding hydrogens is 244 g/mol. The predicted molar refractivity (Wildman–Crippen MR) is 79.2 cm³/mol. The van der Waals surface area contributed by atoms with Crippen LogP contribution in [0.25, 0.3) is 0 Å². The first-order chi connectivity index (χ1) is 9.63. The molecule has 0 saturated carbocycles. The summed E-state index contributed by atoms with van der Waals surface area (Å²) in [7, 11) is 0. The molecule has 0 N–H and O–H groups in total. The molecule has 2 aromatic rings. The summed E-state index contributed by atoms with van der Waals surface area (Å²) in [5.41, 5.74) is 5.67. The number of hydrogen-bond donors (Lipinski definition) is 0. The summed E-state index contributed by atoms with van der Waals surface area (Å²) < 4.78 is 0. The number of benzene rings is 2. The Morgan fingerprint density at radius 1 is 0.900 bits per heavy atom. The fourth-order valence-corrected chi connectivity index (χ4v) is 2.35. The van der Waals surface area contributed by atoms with Crippen LogP contribution in [0.3, 0.4) is 0 Å². The largest absolute Gasteiger partial charge is 0.192 e. The Balaban J connectivity index is 2.24. The number of hydrogen-bond acceptors (Lipinski definition) is 2. The first kappa shape index (κ1) is 13.8. The Morgan fingerprint density at radius 2 is 1.65 bits per heavy atom. The molecule has 2 heteroatoms. The molecule has 0 aliphatic rings. The van der Waals surface area contributed by atoms with E-state index in [9.17, 15) is 5.26 Å². The van der Waals surface area contributed by atoms with E-state index < -0.39 is 0 Å². The summed E-state index contributed by atoms with van der Waals surface area (Å²) in [6, 6.07) is 16.4. The van der Waals surface area contributed by atoms with Crippen LogP contribution in [-0.4, -0.2) is 0 Å². The molecule has 0 heterocycles.